The van der Waals surface area contributed by atoms with Gasteiger partial charge in [0.2, 0.25) is 0 Å². The molecule has 132 valence electrons. The minimum atomic E-state index is -0.241. The van der Waals surface area contributed by atoms with Crippen molar-refractivity contribution in [2.24, 2.45) is 0 Å². The van der Waals surface area contributed by atoms with Gasteiger partial charge in [-0.05, 0) is 12.1 Å². The molecule has 0 saturated heterocycles. The number of rotatable bonds is 4. The normalized spacial score (nSPS) is 10.8. The number of terminal acetylenes is 1. The summed E-state index contributed by atoms with van der Waals surface area (Å²) in [6, 6.07) is 14.8. The molecule has 2 N–H and O–H groups in total. The van der Waals surface area contributed by atoms with Gasteiger partial charge in [-0.15, -0.1) is 6.42 Å². The highest BCUT2D eigenvalue weighted by Crippen LogP contribution is 2.18. The van der Waals surface area contributed by atoms with Crippen LogP contribution in [0.5, 0.6) is 0 Å². The zero-order valence-electron chi connectivity index (χ0n) is 14.4. The number of benzene rings is 2. The first kappa shape index (κ1) is 16.6. The second kappa shape index (κ2) is 6.81. The second-order valence-corrected chi connectivity index (χ2v) is 6.09. The maximum atomic E-state index is 12.6. The Morgan fingerprint density at radius 2 is 1.81 bits per heavy atom. The van der Waals surface area contributed by atoms with E-state index in [0.717, 1.165) is 10.9 Å². The summed E-state index contributed by atoms with van der Waals surface area (Å²) in [6.07, 6.45) is 7.03. The van der Waals surface area contributed by atoms with Crippen LogP contribution in [0.4, 0.5) is 0 Å². The number of aromatic nitrogens is 3. The lowest BCUT2D eigenvalue weighted by Crippen LogP contribution is -2.28. The van der Waals surface area contributed by atoms with Crippen molar-refractivity contribution in [3.63, 3.8) is 0 Å². The van der Waals surface area contributed by atoms with Gasteiger partial charge < -0.3 is 10.3 Å². The van der Waals surface area contributed by atoms with E-state index in [1.807, 2.05) is 36.4 Å². The summed E-state index contributed by atoms with van der Waals surface area (Å²) in [5.74, 6) is 2.22. The van der Waals surface area contributed by atoms with Crippen LogP contribution in [0.2, 0.25) is 0 Å². The molecule has 2 heterocycles. The van der Waals surface area contributed by atoms with Crippen LogP contribution in [-0.2, 0) is 13.1 Å². The van der Waals surface area contributed by atoms with Gasteiger partial charge >= 0.3 is 0 Å². The number of H-pyrrole nitrogens is 1. The fourth-order valence-electron chi connectivity index (χ4n) is 3.15. The first-order chi connectivity index (χ1) is 13.2. The lowest BCUT2D eigenvalue weighted by atomic mass is 10.1. The summed E-state index contributed by atoms with van der Waals surface area (Å²) < 4.78 is 1.25. The third kappa shape index (κ3) is 2.96. The van der Waals surface area contributed by atoms with E-state index in [4.69, 9.17) is 6.42 Å². The highest BCUT2D eigenvalue weighted by atomic mass is 16.1. The predicted molar refractivity (Wildman–Crippen MR) is 104 cm³/mol. The Balaban J connectivity index is 1.67. The smallest absolute Gasteiger partial charge is 0.275 e. The monoisotopic (exact) mass is 356 g/mol. The van der Waals surface area contributed by atoms with Crippen LogP contribution in [0.25, 0.3) is 21.7 Å². The molecule has 6 nitrogen and oxygen atoms in total. The average molecular weight is 356 g/mol. The molecule has 4 aromatic rings. The van der Waals surface area contributed by atoms with Crippen LogP contribution >= 0.6 is 0 Å². The number of hydrogen-bond donors (Lipinski definition) is 2. The fraction of sp³-hybridized carbons (Fsp3) is 0.0952. The van der Waals surface area contributed by atoms with Gasteiger partial charge in [-0.1, -0.05) is 42.3 Å². The molecule has 0 aliphatic rings. The fourth-order valence-corrected chi connectivity index (χ4v) is 3.15. The summed E-state index contributed by atoms with van der Waals surface area (Å²) in [5.41, 5.74) is 1.81. The van der Waals surface area contributed by atoms with Gasteiger partial charge in [-0.25, -0.2) is 4.68 Å². The standard InChI is InChI=1S/C21H16N4O2/c1-2-11-25-21(27)16-9-4-3-7-14(16)19(24-25)13-23-20(26)17-12-22-18-10-6-5-8-15(17)18/h1,3-10,12,22H,11,13H2,(H,23,26). The third-order valence-corrected chi connectivity index (χ3v) is 4.44. The SMILES string of the molecule is C#CCn1nc(CNC(=O)c2c[nH]c3ccccc23)c2ccccc2c1=O. The number of fused-ring (bicyclic) bond motifs is 2. The molecular weight excluding hydrogens is 340 g/mol. The molecule has 0 aliphatic carbocycles. The van der Waals surface area contributed by atoms with Gasteiger partial charge in [0.15, 0.2) is 0 Å². The van der Waals surface area contributed by atoms with E-state index < -0.39 is 0 Å². The van der Waals surface area contributed by atoms with Gasteiger partial charge in [-0.2, -0.15) is 5.10 Å². The highest BCUT2D eigenvalue weighted by molar-refractivity contribution is 6.06. The first-order valence-electron chi connectivity index (χ1n) is 8.45. The Morgan fingerprint density at radius 3 is 2.59 bits per heavy atom. The summed E-state index contributed by atoms with van der Waals surface area (Å²) in [7, 11) is 0. The molecule has 1 amide bonds. The Morgan fingerprint density at radius 1 is 1.11 bits per heavy atom. The summed E-state index contributed by atoms with van der Waals surface area (Å²) >= 11 is 0. The van der Waals surface area contributed by atoms with E-state index in [2.05, 4.69) is 21.3 Å². The molecule has 4 rings (SSSR count). The lowest BCUT2D eigenvalue weighted by Gasteiger charge is -2.10. The molecule has 2 aromatic carbocycles. The molecule has 0 radical (unpaired) electrons. The van der Waals surface area contributed by atoms with E-state index in [-0.39, 0.29) is 24.6 Å². The zero-order chi connectivity index (χ0) is 18.8. The van der Waals surface area contributed by atoms with Crippen LogP contribution in [0.15, 0.2) is 59.5 Å². The molecule has 0 spiro atoms. The molecule has 27 heavy (non-hydrogen) atoms. The number of nitrogens with one attached hydrogen (secondary N) is 2. The third-order valence-electron chi connectivity index (χ3n) is 4.44. The summed E-state index contributed by atoms with van der Waals surface area (Å²) in [6.45, 7) is 0.261. The predicted octanol–water partition coefficient (Wildman–Crippen LogP) is 2.44. The Bertz CT molecular complexity index is 1260. The van der Waals surface area contributed by atoms with Gasteiger partial charge in [0.25, 0.3) is 11.5 Å². The van der Waals surface area contributed by atoms with Crippen molar-refractivity contribution >= 4 is 27.6 Å². The minimum absolute atomic E-state index is 0.0765. The molecule has 2 aromatic heterocycles. The maximum absolute atomic E-state index is 12.6. The molecular formula is C21H16N4O2. The summed E-state index contributed by atoms with van der Waals surface area (Å²) in [4.78, 5) is 28.2. The number of nitrogens with zero attached hydrogens (tertiary/aromatic N) is 2. The van der Waals surface area contributed by atoms with E-state index >= 15 is 0 Å². The average Bonchev–Trinajstić information content (AvgIpc) is 3.13. The number of carbonyl (C=O) groups is 1. The van der Waals surface area contributed by atoms with Crippen molar-refractivity contribution < 1.29 is 4.79 Å². The van der Waals surface area contributed by atoms with Crippen molar-refractivity contribution in [2.75, 3.05) is 0 Å². The minimum Gasteiger partial charge on any atom is -0.360 e. The number of aromatic amines is 1. The van der Waals surface area contributed by atoms with Gasteiger partial charge in [0, 0.05) is 22.5 Å². The van der Waals surface area contributed by atoms with Crippen molar-refractivity contribution in [1.82, 2.24) is 20.1 Å². The van der Waals surface area contributed by atoms with Crippen LogP contribution < -0.4 is 10.9 Å². The van der Waals surface area contributed by atoms with E-state index in [1.54, 1.807) is 18.3 Å². The van der Waals surface area contributed by atoms with Crippen molar-refractivity contribution in [3.8, 4) is 12.3 Å². The highest BCUT2D eigenvalue weighted by Gasteiger charge is 2.14. The molecule has 0 aliphatic heterocycles. The van der Waals surface area contributed by atoms with Gasteiger partial charge in [-0.3, -0.25) is 9.59 Å². The number of carbonyl (C=O) groups excluding carboxylic acids is 1. The Labute approximate surface area is 154 Å². The van der Waals surface area contributed by atoms with E-state index in [9.17, 15) is 9.59 Å². The number of para-hydroxylation sites is 1. The van der Waals surface area contributed by atoms with Crippen LogP contribution in [0.1, 0.15) is 16.1 Å². The molecule has 0 unspecified atom stereocenters. The molecule has 0 fully saturated rings. The Hall–Kier alpha value is -3.85. The molecule has 0 atom stereocenters. The van der Waals surface area contributed by atoms with Crippen molar-refractivity contribution in [2.45, 2.75) is 13.1 Å². The summed E-state index contributed by atoms with van der Waals surface area (Å²) in [5, 5.41) is 9.31. The largest absolute Gasteiger partial charge is 0.360 e. The Kier molecular flexibility index (Phi) is 4.19. The number of hydrogen-bond acceptors (Lipinski definition) is 3. The molecule has 0 bridgehead atoms. The van der Waals surface area contributed by atoms with E-state index in [0.29, 0.717) is 22.0 Å². The van der Waals surface area contributed by atoms with Crippen LogP contribution in [-0.4, -0.2) is 20.7 Å². The molecule has 6 heteroatoms. The van der Waals surface area contributed by atoms with Crippen LogP contribution in [0, 0.1) is 12.3 Å². The number of amides is 1. The quantitative estimate of drug-likeness (QED) is 0.551. The van der Waals surface area contributed by atoms with E-state index in [1.165, 1.54) is 4.68 Å². The molecule has 0 saturated carbocycles. The van der Waals surface area contributed by atoms with Crippen molar-refractivity contribution in [3.05, 3.63) is 76.3 Å². The maximum Gasteiger partial charge on any atom is 0.275 e. The van der Waals surface area contributed by atoms with Gasteiger partial charge in [0.05, 0.1) is 23.2 Å². The van der Waals surface area contributed by atoms with Gasteiger partial charge in [0.1, 0.15) is 6.54 Å². The van der Waals surface area contributed by atoms with Crippen LogP contribution in [0.3, 0.4) is 0 Å². The zero-order valence-corrected chi connectivity index (χ0v) is 14.4. The topological polar surface area (TPSA) is 79.8 Å². The first-order valence-corrected chi connectivity index (χ1v) is 8.45. The van der Waals surface area contributed by atoms with Crippen molar-refractivity contribution in [1.29, 1.82) is 0 Å². The second-order valence-electron chi connectivity index (χ2n) is 6.09. The lowest BCUT2D eigenvalue weighted by molar-refractivity contribution is 0.0952.